The van der Waals surface area contributed by atoms with Crippen molar-refractivity contribution in [2.45, 2.75) is 109 Å². The van der Waals surface area contributed by atoms with Crippen molar-refractivity contribution in [1.82, 2.24) is 5.01 Å². The molecule has 2 aromatic carbocycles. The Kier molecular flexibility index (Phi) is 8.89. The number of hydrazone groups is 1. The van der Waals surface area contributed by atoms with Gasteiger partial charge in [0.05, 0.1) is 19.7 Å². The molecule has 1 fully saturated rings. The van der Waals surface area contributed by atoms with Gasteiger partial charge in [0.1, 0.15) is 11.7 Å². The lowest BCUT2D eigenvalue weighted by atomic mass is 9.64. The molecule has 0 radical (unpaired) electrons. The minimum atomic E-state index is -2.11. The predicted molar refractivity (Wildman–Crippen MR) is 168 cm³/mol. The van der Waals surface area contributed by atoms with Gasteiger partial charge in [0.2, 0.25) is 0 Å². The Hall–Kier alpha value is -2.93. The van der Waals surface area contributed by atoms with E-state index in [4.69, 9.17) is 14.6 Å². The Morgan fingerprint density at radius 1 is 0.902 bits per heavy atom. The third kappa shape index (κ3) is 6.94. The van der Waals surface area contributed by atoms with Crippen LogP contribution in [0.1, 0.15) is 77.8 Å². The van der Waals surface area contributed by atoms with Crippen LogP contribution in [-0.2, 0) is 19.7 Å². The molecule has 5 atom stereocenters. The van der Waals surface area contributed by atoms with Gasteiger partial charge in [-0.25, -0.2) is 9.59 Å². The second-order valence-corrected chi connectivity index (χ2v) is 19.9. The maximum absolute atomic E-state index is 14.2. The van der Waals surface area contributed by atoms with E-state index in [1.807, 2.05) is 57.2 Å². The number of carbonyl (C=O) groups excluding carboxylic acids is 2. The number of carbonyl (C=O) groups is 2. The van der Waals surface area contributed by atoms with E-state index in [1.54, 1.807) is 0 Å². The average Bonchev–Trinajstić information content (AvgIpc) is 3.31. The zero-order valence-electron chi connectivity index (χ0n) is 26.3. The van der Waals surface area contributed by atoms with Crippen molar-refractivity contribution in [1.29, 1.82) is 0 Å². The number of nitrogens with zero attached hydrogens (tertiary/aromatic N) is 2. The smallest absolute Gasteiger partial charge is 0.430 e. The second kappa shape index (κ2) is 11.7. The monoisotopic (exact) mass is 576 g/mol. The SMILES string of the molecule is C[C@@H]1CC[C@@H](C(C)(C)c2ccccc2)[C@H](OC(=O)C2=NN(C(=O)OC(C)(C)C)[C@H]([Si](C)(C)C)[C@H]2c2ccccc2)C1. The number of rotatable bonds is 6. The maximum Gasteiger partial charge on any atom is 0.430 e. The van der Waals surface area contributed by atoms with Gasteiger partial charge in [-0.1, -0.05) is 107 Å². The molecular weight excluding hydrogens is 528 g/mol. The fourth-order valence-corrected chi connectivity index (χ4v) is 8.84. The summed E-state index contributed by atoms with van der Waals surface area (Å²) in [6.45, 7) is 18.9. The number of hydrogen-bond acceptors (Lipinski definition) is 5. The van der Waals surface area contributed by atoms with E-state index < -0.39 is 25.7 Å². The lowest BCUT2D eigenvalue weighted by molar-refractivity contribution is -0.148. The van der Waals surface area contributed by atoms with Gasteiger partial charge >= 0.3 is 12.1 Å². The van der Waals surface area contributed by atoms with Crippen LogP contribution in [0.5, 0.6) is 0 Å². The number of esters is 1. The highest BCUT2D eigenvalue weighted by atomic mass is 28.3. The Morgan fingerprint density at radius 3 is 2.05 bits per heavy atom. The molecule has 0 spiro atoms. The molecule has 1 heterocycles. The van der Waals surface area contributed by atoms with Gasteiger partial charge in [-0.3, -0.25) is 0 Å². The van der Waals surface area contributed by atoms with E-state index in [0.717, 1.165) is 24.8 Å². The summed E-state index contributed by atoms with van der Waals surface area (Å²) in [5.41, 5.74) is 1.35. The molecule has 0 aromatic heterocycles. The zero-order chi connectivity index (χ0) is 30.2. The topological polar surface area (TPSA) is 68.2 Å². The zero-order valence-corrected chi connectivity index (χ0v) is 27.3. The van der Waals surface area contributed by atoms with Crippen molar-refractivity contribution in [3.8, 4) is 0 Å². The van der Waals surface area contributed by atoms with Gasteiger partial charge < -0.3 is 9.47 Å². The van der Waals surface area contributed by atoms with Gasteiger partial charge in [-0.15, -0.1) is 0 Å². The third-order valence-electron chi connectivity index (χ3n) is 8.68. The lowest BCUT2D eigenvalue weighted by Gasteiger charge is -2.44. The first kappa shape index (κ1) is 31.0. The van der Waals surface area contributed by atoms with Crippen LogP contribution in [0, 0.1) is 11.8 Å². The van der Waals surface area contributed by atoms with Crippen molar-refractivity contribution in [2.75, 3.05) is 0 Å². The molecule has 1 amide bonds. The summed E-state index contributed by atoms with van der Waals surface area (Å²) in [7, 11) is -2.11. The summed E-state index contributed by atoms with van der Waals surface area (Å²) in [6, 6.07) is 20.4. The Morgan fingerprint density at radius 2 is 1.49 bits per heavy atom. The molecule has 0 bridgehead atoms. The van der Waals surface area contributed by atoms with Gasteiger partial charge in [-0.05, 0) is 56.1 Å². The minimum absolute atomic E-state index is 0.164. The number of hydrogen-bond donors (Lipinski definition) is 0. The van der Waals surface area contributed by atoms with Crippen LogP contribution in [0.3, 0.4) is 0 Å². The molecule has 7 heteroatoms. The molecule has 6 nitrogen and oxygen atoms in total. The van der Waals surface area contributed by atoms with E-state index in [-0.39, 0.29) is 29.0 Å². The predicted octanol–water partition coefficient (Wildman–Crippen LogP) is 7.95. The van der Waals surface area contributed by atoms with Crippen LogP contribution >= 0.6 is 0 Å². The Bertz CT molecular complexity index is 1250. The number of amides is 1. The maximum atomic E-state index is 14.2. The summed E-state index contributed by atoms with van der Waals surface area (Å²) in [5.74, 6) is -0.193. The molecule has 0 saturated heterocycles. The van der Waals surface area contributed by atoms with E-state index in [1.165, 1.54) is 10.6 Å². The molecule has 41 heavy (non-hydrogen) atoms. The first-order valence-corrected chi connectivity index (χ1v) is 18.6. The molecule has 2 aliphatic rings. The lowest BCUT2D eigenvalue weighted by Crippen LogP contribution is -2.53. The largest absolute Gasteiger partial charge is 0.457 e. The highest BCUT2D eigenvalue weighted by molar-refractivity contribution is 6.78. The van der Waals surface area contributed by atoms with Crippen molar-refractivity contribution < 1.29 is 19.1 Å². The highest BCUT2D eigenvalue weighted by Gasteiger charge is 2.52. The molecule has 1 aliphatic heterocycles. The van der Waals surface area contributed by atoms with Crippen molar-refractivity contribution in [2.24, 2.45) is 16.9 Å². The van der Waals surface area contributed by atoms with Crippen LogP contribution in [-0.4, -0.2) is 48.2 Å². The fourth-order valence-electron chi connectivity index (χ4n) is 6.59. The normalized spacial score (nSPS) is 25.4. The summed E-state index contributed by atoms with van der Waals surface area (Å²) < 4.78 is 12.3. The fraction of sp³-hybridized carbons (Fsp3) is 0.559. The molecule has 1 saturated carbocycles. The van der Waals surface area contributed by atoms with Gasteiger partial charge in [0, 0.05) is 5.92 Å². The summed E-state index contributed by atoms with van der Waals surface area (Å²) >= 11 is 0. The standard InChI is InChI=1S/C34H48N2O4Si/c1-23-20-21-26(34(5,6)25-18-14-11-15-19-25)27(22-23)39-31(37)29-28(24-16-12-10-13-17-24)30(41(7,8)9)36(35-29)32(38)40-33(2,3)4/h10-19,23,26-28,30H,20-22H2,1-9H3/t23-,26-,27-,28+,30-/m1/s1. The number of benzene rings is 2. The molecule has 222 valence electrons. The molecule has 0 unspecified atom stereocenters. The number of ether oxygens (including phenoxy) is 2. The highest BCUT2D eigenvalue weighted by Crippen LogP contribution is 2.44. The molecule has 4 rings (SSSR count). The third-order valence-corrected chi connectivity index (χ3v) is 11.0. The van der Waals surface area contributed by atoms with E-state index in [9.17, 15) is 9.59 Å². The molecule has 2 aromatic rings. The van der Waals surface area contributed by atoms with E-state index in [0.29, 0.717) is 11.6 Å². The molecule has 1 aliphatic carbocycles. The second-order valence-electron chi connectivity index (χ2n) is 14.6. The molecular formula is C34H48N2O4Si. The van der Waals surface area contributed by atoms with Crippen LogP contribution in [0.25, 0.3) is 0 Å². The van der Waals surface area contributed by atoms with Crippen LogP contribution < -0.4 is 0 Å². The van der Waals surface area contributed by atoms with E-state index in [2.05, 4.69) is 64.7 Å². The van der Waals surface area contributed by atoms with Gasteiger partial charge in [0.15, 0.2) is 5.71 Å². The van der Waals surface area contributed by atoms with Gasteiger partial charge in [0.25, 0.3) is 0 Å². The summed E-state index contributed by atoms with van der Waals surface area (Å²) in [5, 5.41) is 6.19. The van der Waals surface area contributed by atoms with E-state index >= 15 is 0 Å². The minimum Gasteiger partial charge on any atom is -0.457 e. The summed E-state index contributed by atoms with van der Waals surface area (Å²) in [6.07, 6.45) is 2.12. The van der Waals surface area contributed by atoms with Crippen molar-refractivity contribution in [3.63, 3.8) is 0 Å². The molecule has 0 N–H and O–H groups in total. The quantitative estimate of drug-likeness (QED) is 0.258. The van der Waals surface area contributed by atoms with Crippen molar-refractivity contribution >= 4 is 25.8 Å². The van der Waals surface area contributed by atoms with Crippen molar-refractivity contribution in [3.05, 3.63) is 71.8 Å². The Balaban J connectivity index is 1.72. The first-order valence-electron chi connectivity index (χ1n) is 15.0. The summed E-state index contributed by atoms with van der Waals surface area (Å²) in [4.78, 5) is 27.7. The average molecular weight is 577 g/mol. The first-order chi connectivity index (χ1) is 19.1. The van der Waals surface area contributed by atoms with Crippen LogP contribution in [0.15, 0.2) is 65.8 Å². The Labute approximate surface area is 247 Å². The van der Waals surface area contributed by atoms with Gasteiger partial charge in [-0.2, -0.15) is 10.1 Å². The van der Waals surface area contributed by atoms with Crippen LogP contribution in [0.4, 0.5) is 4.79 Å². The van der Waals surface area contributed by atoms with Crippen LogP contribution in [0.2, 0.25) is 19.6 Å².